The van der Waals surface area contributed by atoms with Crippen LogP contribution in [0.3, 0.4) is 0 Å². The molecule has 6 aromatic rings. The summed E-state index contributed by atoms with van der Waals surface area (Å²) < 4.78 is 65.4. The average molecular weight is 883 g/mol. The van der Waals surface area contributed by atoms with E-state index in [4.69, 9.17) is 20.4 Å². The Morgan fingerprint density at radius 2 is 1.19 bits per heavy atom. The van der Waals surface area contributed by atoms with E-state index < -0.39 is 24.9 Å². The minimum absolute atomic E-state index is 0. The second kappa shape index (κ2) is 20.0. The summed E-state index contributed by atoms with van der Waals surface area (Å²) in [5, 5.41) is 4.51. The smallest absolute Gasteiger partial charge is 0.339 e. The van der Waals surface area contributed by atoms with Crippen LogP contribution in [0, 0.1) is 0 Å². The van der Waals surface area contributed by atoms with Crippen LogP contribution in [0.2, 0.25) is 5.15 Å². The number of nitrogens with zero attached hydrogens (tertiary/aromatic N) is 3. The number of hydrogen-bond acceptors (Lipinski definition) is 13. The van der Waals surface area contributed by atoms with E-state index in [0.717, 1.165) is 27.8 Å². The average Bonchev–Trinajstić information content (AvgIpc) is 3.75. The van der Waals surface area contributed by atoms with E-state index in [0.29, 0.717) is 59.5 Å². The number of nitrogens with one attached hydrogen (secondary N) is 3. The summed E-state index contributed by atoms with van der Waals surface area (Å²) >= 11 is 20.0. The lowest BCUT2D eigenvalue weighted by Gasteiger charge is -2.03. The first-order chi connectivity index (χ1) is 24.8. The molecule has 0 atom stereocenters. The highest BCUT2D eigenvalue weighted by Gasteiger charge is 2.10. The Bertz CT molecular complexity index is 2500. The van der Waals surface area contributed by atoms with E-state index >= 15 is 0 Å². The quantitative estimate of drug-likeness (QED) is 0.0621. The fraction of sp³-hybridized carbons (Fsp3) is 0.273. The van der Waals surface area contributed by atoms with Crippen molar-refractivity contribution in [2.75, 3.05) is 37.1 Å². The molecule has 4 aromatic heterocycles. The third-order valence-corrected chi connectivity index (χ3v) is 9.21. The summed E-state index contributed by atoms with van der Waals surface area (Å²) in [6.45, 7) is 1.65. The third-order valence-electron chi connectivity index (χ3n) is 7.02. The second-order valence-corrected chi connectivity index (χ2v) is 22.9. The molecule has 0 aliphatic heterocycles. The highest BCUT2D eigenvalue weighted by molar-refractivity contribution is 8.24. The Morgan fingerprint density at radius 3 is 1.67 bits per heavy atom. The van der Waals surface area contributed by atoms with Crippen LogP contribution in [0.4, 0.5) is 0 Å². The molecule has 0 saturated heterocycles. The lowest BCUT2D eigenvalue weighted by atomic mass is 10.1. The largest absolute Gasteiger partial charge is 0.460 e. The highest BCUT2D eigenvalue weighted by atomic mass is 36.0. The molecule has 4 heterocycles. The van der Waals surface area contributed by atoms with Gasteiger partial charge in [-0.25, -0.2) is 31.8 Å². The van der Waals surface area contributed by atoms with Gasteiger partial charge in [0.2, 0.25) is 0 Å². The van der Waals surface area contributed by atoms with Crippen molar-refractivity contribution >= 4 is 92.0 Å². The minimum Gasteiger partial charge on any atom is -0.460 e. The predicted octanol–water partition coefficient (Wildman–Crippen LogP) is 7.44. The molecule has 54 heavy (non-hydrogen) atoms. The SMILES string of the molecule is C.CS(=O)(=O)CCNCc1ccc(-c2ccc3nc[nH]c(=O)c3c2)o1.CS(=O)(=O)CCNCc1ccc(-c2ccc3ncnc(Cl)c3c2)o1.O=P(Cl)(Cl)Cl. The van der Waals surface area contributed by atoms with E-state index in [9.17, 15) is 26.2 Å². The van der Waals surface area contributed by atoms with Crippen LogP contribution >= 0.6 is 50.5 Å². The number of aromatic amines is 1. The van der Waals surface area contributed by atoms with E-state index in [-0.39, 0.29) is 24.5 Å². The number of halogens is 4. The molecule has 0 aliphatic rings. The molecule has 0 amide bonds. The van der Waals surface area contributed by atoms with Gasteiger partial charge in [0.25, 0.3) is 5.56 Å². The van der Waals surface area contributed by atoms with Gasteiger partial charge >= 0.3 is 5.20 Å². The number of H-pyrrole nitrogens is 1. The number of benzene rings is 2. The Balaban J connectivity index is 0.000000254. The molecule has 0 radical (unpaired) electrons. The zero-order valence-electron chi connectivity index (χ0n) is 28.1. The standard InChI is InChI=1S/C16H16ClN3O3S.C16H17N3O4S.CH4.Cl3OP/c1-24(21,22)7-6-18-9-12-3-5-15(23-12)11-2-4-14-13(8-11)16(17)20-10-19-14;1-24(21,22)7-6-17-9-12-3-5-15(23-12)11-2-4-14-13(8-11)16(20)19-10-18-14;;1-5(2,3)4/h2-5,8,10,18H,6-7,9H2,1H3;2-5,8,10,17H,6-7,9H2,1H3,(H,18,19,20);1H4;. The van der Waals surface area contributed by atoms with Crippen molar-refractivity contribution in [1.82, 2.24) is 30.6 Å². The number of fused-ring (bicyclic) bond motifs is 2. The number of hydrogen-bond donors (Lipinski definition) is 3. The van der Waals surface area contributed by atoms with Crippen LogP contribution < -0.4 is 16.2 Å². The highest BCUT2D eigenvalue weighted by Crippen LogP contribution is 2.61. The summed E-state index contributed by atoms with van der Waals surface area (Å²) in [6.07, 6.45) is 5.22. The summed E-state index contributed by atoms with van der Waals surface area (Å²) in [6, 6.07) is 18.4. The monoisotopic (exact) mass is 880 g/mol. The molecule has 292 valence electrons. The molecule has 21 heteroatoms. The van der Waals surface area contributed by atoms with Crippen molar-refractivity contribution in [1.29, 1.82) is 0 Å². The molecule has 3 N–H and O–H groups in total. The van der Waals surface area contributed by atoms with Crippen molar-refractivity contribution in [2.24, 2.45) is 0 Å². The maximum Gasteiger partial charge on any atom is 0.339 e. The van der Waals surface area contributed by atoms with Crippen LogP contribution in [-0.4, -0.2) is 73.9 Å². The van der Waals surface area contributed by atoms with Gasteiger partial charge in [0.1, 0.15) is 54.2 Å². The lowest BCUT2D eigenvalue weighted by molar-refractivity contribution is 0.497. The molecule has 6 rings (SSSR count). The van der Waals surface area contributed by atoms with Crippen LogP contribution in [-0.2, 0) is 37.3 Å². The van der Waals surface area contributed by atoms with Crippen molar-refractivity contribution in [3.8, 4) is 22.6 Å². The van der Waals surface area contributed by atoms with Crippen LogP contribution in [0.1, 0.15) is 18.9 Å². The summed E-state index contributed by atoms with van der Waals surface area (Å²) in [4.78, 5) is 26.6. The Morgan fingerprint density at radius 1 is 0.722 bits per heavy atom. The predicted molar refractivity (Wildman–Crippen MR) is 217 cm³/mol. The second-order valence-electron chi connectivity index (χ2n) is 11.4. The third kappa shape index (κ3) is 15.4. The molecule has 14 nitrogen and oxygen atoms in total. The number of rotatable bonds is 12. The fourth-order valence-electron chi connectivity index (χ4n) is 4.59. The Hall–Kier alpha value is -3.31. The number of furan rings is 2. The van der Waals surface area contributed by atoms with Crippen molar-refractivity contribution in [3.05, 3.63) is 100 Å². The van der Waals surface area contributed by atoms with Gasteiger partial charge in [-0.05, 0) is 94.4 Å². The first kappa shape index (κ1) is 45.1. The summed E-state index contributed by atoms with van der Waals surface area (Å²) in [5.41, 5.74) is 2.85. The van der Waals surface area contributed by atoms with Gasteiger partial charge in [0.15, 0.2) is 0 Å². The molecule has 0 fully saturated rings. The van der Waals surface area contributed by atoms with Gasteiger partial charge in [-0.3, -0.25) is 9.36 Å². The molecular formula is C33H37Cl4N6O8PS2. The first-order valence-electron chi connectivity index (χ1n) is 15.4. The number of aromatic nitrogens is 4. The topological polar surface area (TPSA) is 207 Å². The maximum atomic E-state index is 11.8. The molecule has 0 aliphatic carbocycles. The molecule has 0 spiro atoms. The van der Waals surface area contributed by atoms with E-state index in [2.05, 4.69) is 64.3 Å². The van der Waals surface area contributed by atoms with Crippen molar-refractivity contribution in [2.45, 2.75) is 20.5 Å². The van der Waals surface area contributed by atoms with Gasteiger partial charge in [0.05, 0.1) is 47.3 Å². The zero-order valence-corrected chi connectivity index (χ0v) is 33.6. The van der Waals surface area contributed by atoms with Gasteiger partial charge in [-0.1, -0.05) is 19.0 Å². The lowest BCUT2D eigenvalue weighted by Crippen LogP contribution is -2.21. The summed E-state index contributed by atoms with van der Waals surface area (Å²) in [7, 11) is -5.93. The van der Waals surface area contributed by atoms with Crippen LogP contribution in [0.25, 0.3) is 44.5 Å². The molecule has 0 saturated carbocycles. The van der Waals surface area contributed by atoms with E-state index in [1.54, 1.807) is 12.1 Å². The maximum absolute atomic E-state index is 11.8. The fourth-order valence-corrected chi connectivity index (χ4v) is 5.82. The molecule has 2 aromatic carbocycles. The number of sulfone groups is 2. The van der Waals surface area contributed by atoms with Crippen LogP contribution in [0.5, 0.6) is 0 Å². The van der Waals surface area contributed by atoms with Gasteiger partial charge in [0, 0.05) is 42.1 Å². The van der Waals surface area contributed by atoms with E-state index in [1.807, 2.05) is 48.5 Å². The normalized spacial score (nSPS) is 11.7. The van der Waals surface area contributed by atoms with Gasteiger partial charge < -0.3 is 24.5 Å². The van der Waals surface area contributed by atoms with Gasteiger partial charge in [-0.15, -0.1) is 0 Å². The molecular weight excluding hydrogens is 845 g/mol. The Kier molecular flexibility index (Phi) is 16.7. The Labute approximate surface area is 331 Å². The van der Waals surface area contributed by atoms with Crippen LogP contribution in [0.15, 0.2) is 86.9 Å². The van der Waals surface area contributed by atoms with Crippen molar-refractivity contribution in [3.63, 3.8) is 0 Å². The van der Waals surface area contributed by atoms with E-state index in [1.165, 1.54) is 25.2 Å². The minimum atomic E-state index is -3.22. The summed E-state index contributed by atoms with van der Waals surface area (Å²) in [5.74, 6) is 2.95. The van der Waals surface area contributed by atoms with Gasteiger partial charge in [-0.2, -0.15) is 0 Å². The molecule has 0 bridgehead atoms. The first-order valence-corrected chi connectivity index (χ1v) is 24.3. The zero-order chi connectivity index (χ0) is 38.8. The molecule has 0 unspecified atom stereocenters. The van der Waals surface area contributed by atoms with Crippen molar-refractivity contribution < 1.29 is 30.2 Å².